The predicted octanol–water partition coefficient (Wildman–Crippen LogP) is 4.05. The van der Waals surface area contributed by atoms with E-state index in [4.69, 9.17) is 0 Å². The Morgan fingerprint density at radius 1 is 1.10 bits per heavy atom. The van der Waals surface area contributed by atoms with E-state index in [0.717, 1.165) is 16.6 Å². The number of pyridine rings is 1. The highest BCUT2D eigenvalue weighted by atomic mass is 32.2. The van der Waals surface area contributed by atoms with E-state index in [1.807, 2.05) is 0 Å². The minimum atomic E-state index is -4.70. The molecular formula is C26H20F4N6O3S. The number of imidazole rings is 1. The van der Waals surface area contributed by atoms with Gasteiger partial charge in [0.05, 0.1) is 34.9 Å². The van der Waals surface area contributed by atoms with Gasteiger partial charge in [-0.2, -0.15) is 22.6 Å². The van der Waals surface area contributed by atoms with Gasteiger partial charge in [0.25, 0.3) is 10.0 Å². The molecule has 2 aliphatic rings. The zero-order chi connectivity index (χ0) is 28.3. The van der Waals surface area contributed by atoms with Crippen LogP contribution >= 0.6 is 0 Å². The molecule has 0 amide bonds. The lowest BCUT2D eigenvalue weighted by Crippen LogP contribution is -2.53. The normalized spacial score (nSPS) is 19.6. The third kappa shape index (κ3) is 4.23. The molecule has 3 aromatic heterocycles. The number of hydrogen-bond donors (Lipinski definition) is 1. The van der Waals surface area contributed by atoms with Gasteiger partial charge in [-0.3, -0.25) is 9.78 Å². The lowest BCUT2D eigenvalue weighted by Gasteiger charge is -2.44. The first-order chi connectivity index (χ1) is 19.0. The second-order valence-electron chi connectivity index (χ2n) is 9.62. The van der Waals surface area contributed by atoms with E-state index in [2.05, 4.69) is 20.1 Å². The molecule has 1 unspecified atom stereocenters. The lowest BCUT2D eigenvalue weighted by atomic mass is 9.65. The Hall–Kier alpha value is -4.17. The number of aromatic nitrogens is 5. The molecule has 1 aromatic carbocycles. The summed E-state index contributed by atoms with van der Waals surface area (Å²) in [6.07, 6.45) is 1.98. The number of rotatable bonds is 5. The topological polar surface area (TPSA) is 114 Å². The Labute approximate surface area is 225 Å². The molecule has 1 saturated heterocycles. The van der Waals surface area contributed by atoms with E-state index in [0.29, 0.717) is 28.6 Å². The van der Waals surface area contributed by atoms with Gasteiger partial charge >= 0.3 is 6.18 Å². The van der Waals surface area contributed by atoms with Gasteiger partial charge in [0.1, 0.15) is 11.5 Å². The molecule has 206 valence electrons. The van der Waals surface area contributed by atoms with Crippen LogP contribution in [0.4, 0.5) is 17.6 Å². The van der Waals surface area contributed by atoms with Crippen LogP contribution in [-0.4, -0.2) is 56.3 Å². The second-order valence-corrected chi connectivity index (χ2v) is 11.5. The largest absolute Gasteiger partial charge is 0.416 e. The predicted molar refractivity (Wildman–Crippen MR) is 133 cm³/mol. The van der Waals surface area contributed by atoms with E-state index in [-0.39, 0.29) is 31.0 Å². The average molecular weight is 573 g/mol. The number of aromatic amines is 1. The fraction of sp³-hybridized carbons (Fsp3) is 0.231. The monoisotopic (exact) mass is 572 g/mol. The highest BCUT2D eigenvalue weighted by molar-refractivity contribution is 7.89. The Morgan fingerprint density at radius 3 is 2.58 bits per heavy atom. The SMILES string of the molecule is O=C(c1cc(C(F)(F)F)ccn1)C12Cc3cnn(-c4ccc(F)cc4)c3C=C1CCN(S(=O)(=O)c1c[nH]cn1)C2. The highest BCUT2D eigenvalue weighted by Gasteiger charge is 2.52. The number of ketones is 1. The minimum Gasteiger partial charge on any atom is -0.350 e. The number of hydrogen-bond acceptors (Lipinski definition) is 6. The van der Waals surface area contributed by atoms with Crippen molar-refractivity contribution in [1.82, 2.24) is 29.0 Å². The fourth-order valence-electron chi connectivity index (χ4n) is 5.31. The molecule has 1 N–H and O–H groups in total. The Kier molecular flexibility index (Phi) is 6.00. The van der Waals surface area contributed by atoms with Gasteiger partial charge in [-0.15, -0.1) is 0 Å². The van der Waals surface area contributed by atoms with Gasteiger partial charge in [0, 0.05) is 25.5 Å². The van der Waals surface area contributed by atoms with Crippen LogP contribution in [0.3, 0.4) is 0 Å². The maximum absolute atomic E-state index is 14.1. The van der Waals surface area contributed by atoms with Crippen LogP contribution in [0.1, 0.15) is 33.7 Å². The molecule has 0 spiro atoms. The number of carbonyl (C=O) groups is 1. The number of carbonyl (C=O) groups excluding carboxylic acids is 1. The average Bonchev–Trinajstić information content (AvgIpc) is 3.62. The third-order valence-corrected chi connectivity index (χ3v) is 9.03. The van der Waals surface area contributed by atoms with Crippen LogP contribution in [0, 0.1) is 11.2 Å². The number of piperidine rings is 1. The summed E-state index contributed by atoms with van der Waals surface area (Å²) in [6.45, 7) is -0.307. The van der Waals surface area contributed by atoms with Crippen LogP contribution in [0.2, 0.25) is 0 Å². The number of benzene rings is 1. The van der Waals surface area contributed by atoms with Gasteiger partial charge in [0.15, 0.2) is 10.8 Å². The van der Waals surface area contributed by atoms with E-state index < -0.39 is 44.5 Å². The van der Waals surface area contributed by atoms with Crippen LogP contribution in [0.5, 0.6) is 0 Å². The second kappa shape index (κ2) is 9.20. The summed E-state index contributed by atoms with van der Waals surface area (Å²) in [7, 11) is -4.12. The summed E-state index contributed by atoms with van der Waals surface area (Å²) in [5.41, 5.74) is -0.696. The Morgan fingerprint density at radius 2 is 1.88 bits per heavy atom. The molecule has 1 aliphatic carbocycles. The molecule has 40 heavy (non-hydrogen) atoms. The van der Waals surface area contributed by atoms with Gasteiger partial charge in [-0.1, -0.05) is 5.57 Å². The van der Waals surface area contributed by atoms with Crippen molar-refractivity contribution in [1.29, 1.82) is 0 Å². The van der Waals surface area contributed by atoms with Crippen LogP contribution in [-0.2, 0) is 22.6 Å². The minimum absolute atomic E-state index is 0.0199. The summed E-state index contributed by atoms with van der Waals surface area (Å²) in [5, 5.41) is 4.17. The molecule has 0 bridgehead atoms. The van der Waals surface area contributed by atoms with Gasteiger partial charge in [0.2, 0.25) is 0 Å². The number of sulfonamides is 1. The standard InChI is InChI=1S/C26H20F4N6O3S/c27-19-1-3-20(4-2-19)36-22-10-17-6-8-35(40(38,39)23-13-31-15-33-23)14-25(17,11-16(22)12-34-36)24(37)21-9-18(5-7-32-21)26(28,29)30/h1-5,7,9-10,12-13,15H,6,8,11,14H2,(H,31,33). The van der Waals surface area contributed by atoms with Crippen molar-refractivity contribution in [2.75, 3.05) is 13.1 Å². The summed E-state index contributed by atoms with van der Waals surface area (Å²) in [4.78, 5) is 24.5. The molecule has 6 rings (SSSR count). The van der Waals surface area contributed by atoms with E-state index in [9.17, 15) is 30.8 Å². The number of nitrogens with zero attached hydrogens (tertiary/aromatic N) is 5. The first-order valence-electron chi connectivity index (χ1n) is 12.1. The molecular weight excluding hydrogens is 552 g/mol. The third-order valence-electron chi connectivity index (χ3n) is 7.28. The van der Waals surface area contributed by atoms with Gasteiger partial charge in [-0.05, 0) is 60.9 Å². The Balaban J connectivity index is 1.47. The van der Waals surface area contributed by atoms with Crippen LogP contribution in [0.25, 0.3) is 11.8 Å². The van der Waals surface area contributed by atoms with Crippen molar-refractivity contribution in [3.05, 3.63) is 95.2 Å². The summed E-state index contributed by atoms with van der Waals surface area (Å²) in [5.74, 6) is -1.15. The number of Topliss-reactive ketones (excluding diaryl/α,β-unsaturated/α-hetero) is 1. The molecule has 1 aliphatic heterocycles. The maximum Gasteiger partial charge on any atom is 0.416 e. The quantitative estimate of drug-likeness (QED) is 0.285. The smallest absolute Gasteiger partial charge is 0.350 e. The van der Waals surface area contributed by atoms with Crippen molar-refractivity contribution in [2.24, 2.45) is 5.41 Å². The van der Waals surface area contributed by atoms with Crippen molar-refractivity contribution < 1.29 is 30.8 Å². The van der Waals surface area contributed by atoms with Crippen molar-refractivity contribution >= 4 is 21.9 Å². The summed E-state index contributed by atoms with van der Waals surface area (Å²) in [6, 6.07) is 7.11. The van der Waals surface area contributed by atoms with Crippen LogP contribution < -0.4 is 0 Å². The maximum atomic E-state index is 14.1. The van der Waals surface area contributed by atoms with E-state index >= 15 is 0 Å². The molecule has 1 atom stereocenters. The summed E-state index contributed by atoms with van der Waals surface area (Å²) >= 11 is 0. The van der Waals surface area contributed by atoms with E-state index in [1.54, 1.807) is 22.9 Å². The highest BCUT2D eigenvalue weighted by Crippen LogP contribution is 2.47. The van der Waals surface area contributed by atoms with Crippen molar-refractivity contribution in [3.8, 4) is 5.69 Å². The number of nitrogens with one attached hydrogen (secondary N) is 1. The zero-order valence-corrected chi connectivity index (χ0v) is 21.4. The number of H-pyrrole nitrogens is 1. The summed E-state index contributed by atoms with van der Waals surface area (Å²) < 4.78 is 83.4. The lowest BCUT2D eigenvalue weighted by molar-refractivity contribution is -0.137. The number of alkyl halides is 3. The fourth-order valence-corrected chi connectivity index (χ4v) is 6.69. The van der Waals surface area contributed by atoms with Crippen molar-refractivity contribution in [3.63, 3.8) is 0 Å². The van der Waals surface area contributed by atoms with Gasteiger partial charge < -0.3 is 4.98 Å². The molecule has 14 heteroatoms. The Bertz CT molecular complexity index is 1750. The molecule has 9 nitrogen and oxygen atoms in total. The number of fused-ring (bicyclic) bond motifs is 2. The van der Waals surface area contributed by atoms with Crippen molar-refractivity contribution in [2.45, 2.75) is 24.0 Å². The van der Waals surface area contributed by atoms with E-state index in [1.165, 1.54) is 30.9 Å². The molecule has 4 heterocycles. The van der Waals surface area contributed by atoms with Crippen LogP contribution in [0.15, 0.2) is 71.9 Å². The molecule has 0 radical (unpaired) electrons. The first-order valence-corrected chi connectivity index (χ1v) is 13.5. The molecule has 4 aromatic rings. The first kappa shape index (κ1) is 26.1. The number of halogens is 4. The molecule has 0 saturated carbocycles. The molecule has 1 fully saturated rings. The van der Waals surface area contributed by atoms with Gasteiger partial charge in [-0.25, -0.2) is 22.5 Å². The zero-order valence-electron chi connectivity index (χ0n) is 20.6.